The lowest BCUT2D eigenvalue weighted by atomic mass is 9.82. The van der Waals surface area contributed by atoms with Gasteiger partial charge in [0.1, 0.15) is 12.2 Å². The Morgan fingerprint density at radius 3 is 2.67 bits per heavy atom. The molecule has 0 aromatic rings. The second-order valence-corrected chi connectivity index (χ2v) is 6.24. The number of ether oxygens (including phenoxy) is 2. The molecule has 0 aromatic carbocycles. The van der Waals surface area contributed by atoms with Crippen LogP contribution in [0.5, 0.6) is 0 Å². The smallest absolute Gasteiger partial charge is 0.334 e. The zero-order valence-electron chi connectivity index (χ0n) is 12.3. The molecule has 3 rings (SSSR count). The van der Waals surface area contributed by atoms with Crippen LogP contribution in [-0.2, 0) is 19.1 Å². The number of carbonyl (C=O) groups is 2. The van der Waals surface area contributed by atoms with Crippen LogP contribution >= 0.6 is 0 Å². The molecule has 112 valence electrons. The van der Waals surface area contributed by atoms with E-state index in [0.717, 1.165) is 24.0 Å². The maximum atomic E-state index is 11.8. The lowest BCUT2D eigenvalue weighted by molar-refractivity contribution is -0.145. The van der Waals surface area contributed by atoms with Gasteiger partial charge in [-0.2, -0.15) is 0 Å². The number of allylic oxidation sites excluding steroid dienone is 1. The number of esters is 2. The second kappa shape index (κ2) is 4.86. The quantitative estimate of drug-likeness (QED) is 0.423. The van der Waals surface area contributed by atoms with E-state index in [2.05, 4.69) is 19.7 Å². The van der Waals surface area contributed by atoms with E-state index in [0.29, 0.717) is 12.0 Å². The zero-order valence-corrected chi connectivity index (χ0v) is 12.3. The first-order chi connectivity index (χ1) is 9.90. The molecule has 4 nitrogen and oxygen atoms in total. The van der Waals surface area contributed by atoms with Gasteiger partial charge in [0.05, 0.1) is 0 Å². The number of hydrogen-bond acceptors (Lipinski definition) is 4. The van der Waals surface area contributed by atoms with E-state index >= 15 is 0 Å². The van der Waals surface area contributed by atoms with Crippen molar-refractivity contribution in [2.45, 2.75) is 38.4 Å². The van der Waals surface area contributed by atoms with Crippen LogP contribution in [0.15, 0.2) is 36.5 Å². The Balaban J connectivity index is 1.93. The lowest BCUT2D eigenvalue weighted by Crippen LogP contribution is -2.29. The van der Waals surface area contributed by atoms with Gasteiger partial charge >= 0.3 is 11.9 Å². The molecule has 0 bridgehead atoms. The molecule has 0 amide bonds. The Bertz CT molecular complexity index is 559. The van der Waals surface area contributed by atoms with Crippen molar-refractivity contribution in [3.8, 4) is 0 Å². The Morgan fingerprint density at radius 1 is 1.29 bits per heavy atom. The molecule has 0 spiro atoms. The third kappa shape index (κ3) is 2.13. The fraction of sp³-hybridized carbons (Fsp3) is 0.529. The molecule has 0 radical (unpaired) electrons. The average molecular weight is 288 g/mol. The molecule has 2 saturated carbocycles. The number of fused-ring (bicyclic) bond motifs is 3. The summed E-state index contributed by atoms with van der Waals surface area (Å²) >= 11 is 0. The minimum Gasteiger partial charge on any atom is -0.458 e. The highest BCUT2D eigenvalue weighted by Gasteiger charge is 2.53. The molecule has 0 unspecified atom stereocenters. The van der Waals surface area contributed by atoms with Gasteiger partial charge in [0, 0.05) is 24.3 Å². The fourth-order valence-electron chi connectivity index (χ4n) is 4.01. The molecule has 0 N–H and O–H groups in total. The molecule has 1 aliphatic heterocycles. The minimum atomic E-state index is -0.312. The van der Waals surface area contributed by atoms with E-state index < -0.39 is 0 Å². The van der Waals surface area contributed by atoms with Gasteiger partial charge in [-0.25, -0.2) is 4.79 Å². The van der Waals surface area contributed by atoms with E-state index in [4.69, 9.17) is 9.47 Å². The highest BCUT2D eigenvalue weighted by molar-refractivity contribution is 5.91. The lowest BCUT2D eigenvalue weighted by Gasteiger charge is -2.26. The van der Waals surface area contributed by atoms with E-state index in [1.54, 1.807) is 0 Å². The van der Waals surface area contributed by atoms with Gasteiger partial charge in [-0.1, -0.05) is 25.3 Å². The van der Waals surface area contributed by atoms with Crippen molar-refractivity contribution in [1.82, 2.24) is 0 Å². The summed E-state index contributed by atoms with van der Waals surface area (Å²) in [7, 11) is 0. The van der Waals surface area contributed by atoms with Gasteiger partial charge in [-0.3, -0.25) is 4.79 Å². The van der Waals surface area contributed by atoms with Crippen molar-refractivity contribution in [3.63, 3.8) is 0 Å². The maximum absolute atomic E-state index is 11.8. The van der Waals surface area contributed by atoms with Crippen LogP contribution in [0, 0.1) is 17.8 Å². The normalized spacial score (nSPS) is 38.6. The topological polar surface area (TPSA) is 52.6 Å². The van der Waals surface area contributed by atoms with Crippen LogP contribution in [0.2, 0.25) is 0 Å². The molecule has 0 aromatic heterocycles. The monoisotopic (exact) mass is 288 g/mol. The summed E-state index contributed by atoms with van der Waals surface area (Å²) in [6.07, 6.45) is 1.84. The molecule has 2 aliphatic carbocycles. The van der Waals surface area contributed by atoms with Gasteiger partial charge in [-0.05, 0) is 30.8 Å². The Morgan fingerprint density at radius 2 is 2.00 bits per heavy atom. The molecular weight excluding hydrogens is 268 g/mol. The molecule has 3 fully saturated rings. The van der Waals surface area contributed by atoms with Crippen molar-refractivity contribution >= 4 is 11.9 Å². The number of hydrogen-bond donors (Lipinski definition) is 0. The summed E-state index contributed by atoms with van der Waals surface area (Å²) in [4.78, 5) is 23.1. The SMILES string of the molecule is C=C1[C@@H]2[C@H]3OC(=O)C(=C)[C@@H]3CCC(=C)[C@@H]2C[C@@H]1OC(C)=O. The molecule has 5 atom stereocenters. The van der Waals surface area contributed by atoms with E-state index in [-0.39, 0.29) is 41.9 Å². The number of rotatable bonds is 1. The van der Waals surface area contributed by atoms with Crippen LogP contribution in [0.1, 0.15) is 26.2 Å². The predicted molar refractivity (Wildman–Crippen MR) is 77.2 cm³/mol. The first-order valence-electron chi connectivity index (χ1n) is 7.33. The minimum absolute atomic E-state index is 0.0162. The van der Waals surface area contributed by atoms with Crippen LogP contribution in [0.4, 0.5) is 0 Å². The average Bonchev–Trinajstić information content (AvgIpc) is 2.81. The Labute approximate surface area is 124 Å². The molecule has 1 saturated heterocycles. The van der Waals surface area contributed by atoms with Gasteiger partial charge in [-0.15, -0.1) is 0 Å². The number of carbonyl (C=O) groups excluding carboxylic acids is 2. The molecule has 3 aliphatic rings. The maximum Gasteiger partial charge on any atom is 0.334 e. The summed E-state index contributed by atoms with van der Waals surface area (Å²) < 4.78 is 10.9. The van der Waals surface area contributed by atoms with Gasteiger partial charge in [0.15, 0.2) is 0 Å². The standard InChI is InChI=1S/C17H20O4/c1-8-5-6-12-9(2)17(19)21-16(12)15-10(3)14(7-13(8)15)20-11(4)18/h12-16H,1-3,5-7H2,4H3/t12-,13-,14-,15-,16-/m0/s1. The van der Waals surface area contributed by atoms with Crippen LogP contribution in [0.25, 0.3) is 0 Å². The predicted octanol–water partition coefficient (Wildman–Crippen LogP) is 2.56. The highest BCUT2D eigenvalue weighted by atomic mass is 16.6. The molecule has 1 heterocycles. The third-order valence-corrected chi connectivity index (χ3v) is 5.06. The van der Waals surface area contributed by atoms with Crippen molar-refractivity contribution in [3.05, 3.63) is 36.5 Å². The molecule has 21 heavy (non-hydrogen) atoms. The Kier molecular flexibility index (Phi) is 3.27. The van der Waals surface area contributed by atoms with Crippen LogP contribution < -0.4 is 0 Å². The first kappa shape index (κ1) is 14.1. The van der Waals surface area contributed by atoms with Crippen molar-refractivity contribution < 1.29 is 19.1 Å². The van der Waals surface area contributed by atoms with E-state index in [1.165, 1.54) is 6.92 Å². The van der Waals surface area contributed by atoms with Gasteiger partial charge in [0.25, 0.3) is 0 Å². The van der Waals surface area contributed by atoms with Crippen LogP contribution in [0.3, 0.4) is 0 Å². The largest absolute Gasteiger partial charge is 0.458 e. The summed E-state index contributed by atoms with van der Waals surface area (Å²) in [5.74, 6) is -0.447. The molecular formula is C17H20O4. The van der Waals surface area contributed by atoms with Crippen LogP contribution in [-0.4, -0.2) is 24.1 Å². The Hall–Kier alpha value is -1.84. The zero-order chi connectivity index (χ0) is 15.3. The van der Waals surface area contributed by atoms with Crippen molar-refractivity contribution in [2.75, 3.05) is 0 Å². The third-order valence-electron chi connectivity index (χ3n) is 5.06. The summed E-state index contributed by atoms with van der Waals surface area (Å²) in [5.41, 5.74) is 2.53. The summed E-state index contributed by atoms with van der Waals surface area (Å²) in [6.45, 7) is 13.6. The fourth-order valence-corrected chi connectivity index (χ4v) is 4.01. The van der Waals surface area contributed by atoms with Gasteiger partial charge in [0.2, 0.25) is 0 Å². The molecule has 4 heteroatoms. The van der Waals surface area contributed by atoms with Crippen molar-refractivity contribution in [1.29, 1.82) is 0 Å². The van der Waals surface area contributed by atoms with E-state index in [1.807, 2.05) is 0 Å². The van der Waals surface area contributed by atoms with Crippen molar-refractivity contribution in [2.24, 2.45) is 17.8 Å². The summed E-state index contributed by atoms with van der Waals surface area (Å²) in [5, 5.41) is 0. The second-order valence-electron chi connectivity index (χ2n) is 6.24. The highest BCUT2D eigenvalue weighted by Crippen LogP contribution is 2.52. The van der Waals surface area contributed by atoms with Gasteiger partial charge < -0.3 is 9.47 Å². The summed E-state index contributed by atoms with van der Waals surface area (Å²) in [6, 6.07) is 0. The van der Waals surface area contributed by atoms with E-state index in [9.17, 15) is 9.59 Å². The first-order valence-corrected chi connectivity index (χ1v) is 7.33.